The van der Waals surface area contributed by atoms with Gasteiger partial charge in [-0.3, -0.25) is 4.98 Å². The first-order valence-corrected chi connectivity index (χ1v) is 12.3. The van der Waals surface area contributed by atoms with E-state index in [0.29, 0.717) is 16.1 Å². The minimum atomic E-state index is -0.165. The van der Waals surface area contributed by atoms with Crippen molar-refractivity contribution in [3.63, 3.8) is 0 Å². The molecular weight excluding hydrogens is 478 g/mol. The van der Waals surface area contributed by atoms with Gasteiger partial charge in [0.2, 0.25) is 0 Å². The number of aromatic nitrogens is 2. The van der Waals surface area contributed by atoms with Crippen LogP contribution in [-0.4, -0.2) is 9.97 Å². The quantitative estimate of drug-likeness (QED) is 0.216. The molecule has 0 saturated heterocycles. The van der Waals surface area contributed by atoms with E-state index in [1.165, 1.54) is 0 Å². The lowest BCUT2D eigenvalue weighted by molar-refractivity contribution is 0.584. The first-order valence-electron chi connectivity index (χ1n) is 11.1. The molecule has 3 heterocycles. The van der Waals surface area contributed by atoms with Crippen LogP contribution in [0.5, 0.6) is 0 Å². The van der Waals surface area contributed by atoms with Gasteiger partial charge in [0.05, 0.1) is 43.6 Å². The van der Waals surface area contributed by atoms with Crippen LogP contribution in [0.15, 0.2) is 66.1 Å². The van der Waals surface area contributed by atoms with Crippen LogP contribution in [0.4, 0.5) is 11.4 Å². The monoisotopic (exact) mass is 501 g/mol. The van der Waals surface area contributed by atoms with Gasteiger partial charge < -0.3 is 21.5 Å². The summed E-state index contributed by atoms with van der Waals surface area (Å²) in [5, 5.41) is 8.60. The van der Waals surface area contributed by atoms with Crippen LogP contribution in [0, 0.1) is 19.3 Å². The van der Waals surface area contributed by atoms with Gasteiger partial charge in [0.1, 0.15) is 6.04 Å². The maximum Gasteiger partial charge on any atom is 0.106 e. The number of thiazole rings is 1. The van der Waals surface area contributed by atoms with Gasteiger partial charge in [0.15, 0.2) is 0 Å². The van der Waals surface area contributed by atoms with Gasteiger partial charge in [-0.05, 0) is 31.5 Å². The molecule has 2 atom stereocenters. The second kappa shape index (κ2) is 9.84. The van der Waals surface area contributed by atoms with Gasteiger partial charge in [-0.25, -0.2) is 4.98 Å². The number of pyridine rings is 1. The van der Waals surface area contributed by atoms with Gasteiger partial charge in [-0.15, -0.1) is 17.8 Å². The molecule has 0 saturated carbocycles. The van der Waals surface area contributed by atoms with E-state index in [1.807, 2.05) is 49.0 Å². The Morgan fingerprint density at radius 1 is 1.14 bits per heavy atom. The van der Waals surface area contributed by atoms with Crippen LogP contribution in [0.3, 0.4) is 0 Å². The Morgan fingerprint density at radius 3 is 2.66 bits per heavy atom. The summed E-state index contributed by atoms with van der Waals surface area (Å²) in [6.45, 7) is 4.10. The number of hydrazine groups is 2. The van der Waals surface area contributed by atoms with Crippen LogP contribution in [0.1, 0.15) is 40.7 Å². The van der Waals surface area contributed by atoms with Crippen LogP contribution >= 0.6 is 22.9 Å². The third-order valence-corrected chi connectivity index (χ3v) is 7.20. The molecule has 9 heteroatoms. The third kappa shape index (κ3) is 4.62. The summed E-state index contributed by atoms with van der Waals surface area (Å²) in [6.07, 6.45) is 9.43. The minimum Gasteiger partial charge on any atom is -0.377 e. The average molecular weight is 502 g/mol. The fourth-order valence-electron chi connectivity index (χ4n) is 4.10. The van der Waals surface area contributed by atoms with Crippen molar-refractivity contribution in [2.24, 2.45) is 0 Å². The van der Waals surface area contributed by atoms with E-state index in [0.717, 1.165) is 38.6 Å². The summed E-state index contributed by atoms with van der Waals surface area (Å²) >= 11 is 8.33. The average Bonchev–Trinajstić information content (AvgIpc) is 3.56. The molecule has 1 aliphatic rings. The smallest absolute Gasteiger partial charge is 0.106 e. The highest BCUT2D eigenvalue weighted by Gasteiger charge is 2.24. The molecule has 0 bridgehead atoms. The number of benzene rings is 2. The maximum atomic E-state index is 6.74. The highest BCUT2D eigenvalue weighted by atomic mass is 35.5. The Morgan fingerprint density at radius 2 is 1.97 bits per heavy atom. The summed E-state index contributed by atoms with van der Waals surface area (Å²) in [7, 11) is 0. The first kappa shape index (κ1) is 23.0. The summed E-state index contributed by atoms with van der Waals surface area (Å²) < 4.78 is 0. The molecule has 5 N–H and O–H groups in total. The van der Waals surface area contributed by atoms with Crippen molar-refractivity contribution in [3.05, 3.63) is 92.8 Å². The minimum absolute atomic E-state index is 0.0295. The Kier molecular flexibility index (Phi) is 6.47. The zero-order valence-electron chi connectivity index (χ0n) is 19.2. The van der Waals surface area contributed by atoms with E-state index in [2.05, 4.69) is 62.0 Å². The molecule has 0 unspecified atom stereocenters. The molecule has 35 heavy (non-hydrogen) atoms. The Hall–Kier alpha value is -3.77. The fraction of sp³-hybridized carbons (Fsp3) is 0.154. The van der Waals surface area contributed by atoms with Crippen molar-refractivity contribution < 1.29 is 0 Å². The number of aryl methyl sites for hydroxylation is 1. The molecule has 0 radical (unpaired) electrons. The first-order chi connectivity index (χ1) is 17.0. The molecule has 2 aromatic carbocycles. The van der Waals surface area contributed by atoms with Crippen molar-refractivity contribution in [2.45, 2.75) is 25.9 Å². The lowest BCUT2D eigenvalue weighted by Crippen LogP contribution is -2.33. The van der Waals surface area contributed by atoms with Crippen LogP contribution in [-0.2, 0) is 0 Å². The predicted octanol–water partition coefficient (Wildman–Crippen LogP) is 5.41. The molecule has 2 aromatic heterocycles. The number of nitrogens with one attached hydrogen (secondary N) is 5. The normalized spacial score (nSPS) is 14.4. The number of hydrogen-bond donors (Lipinski definition) is 5. The van der Waals surface area contributed by atoms with Crippen molar-refractivity contribution in [2.75, 3.05) is 10.6 Å². The molecule has 7 nitrogen and oxygen atoms in total. The van der Waals surface area contributed by atoms with Crippen molar-refractivity contribution in [1.29, 1.82) is 0 Å². The van der Waals surface area contributed by atoms with Gasteiger partial charge in [0.25, 0.3) is 0 Å². The highest BCUT2D eigenvalue weighted by molar-refractivity contribution is 7.09. The maximum absolute atomic E-state index is 6.74. The number of rotatable bonds is 7. The Balaban J connectivity index is 1.58. The van der Waals surface area contributed by atoms with Crippen molar-refractivity contribution in [3.8, 4) is 12.3 Å². The lowest BCUT2D eigenvalue weighted by Gasteiger charge is -2.22. The Labute approximate surface area is 213 Å². The van der Waals surface area contributed by atoms with E-state index in [1.54, 1.807) is 17.5 Å². The summed E-state index contributed by atoms with van der Waals surface area (Å²) in [4.78, 5) is 10.1. The zero-order valence-corrected chi connectivity index (χ0v) is 20.8. The predicted molar refractivity (Wildman–Crippen MR) is 144 cm³/mol. The van der Waals surface area contributed by atoms with Crippen LogP contribution < -0.4 is 27.0 Å². The van der Waals surface area contributed by atoms with Gasteiger partial charge in [-0.1, -0.05) is 47.9 Å². The number of terminal acetylenes is 1. The van der Waals surface area contributed by atoms with E-state index in [-0.39, 0.29) is 12.1 Å². The second-order valence-corrected chi connectivity index (χ2v) is 9.49. The summed E-state index contributed by atoms with van der Waals surface area (Å²) in [5.74, 6) is 2.77. The van der Waals surface area contributed by atoms with Crippen LogP contribution in [0.25, 0.3) is 10.9 Å². The third-order valence-electron chi connectivity index (χ3n) is 5.91. The zero-order chi connectivity index (χ0) is 24.4. The molecule has 176 valence electrons. The molecule has 5 rings (SSSR count). The lowest BCUT2D eigenvalue weighted by atomic mass is 10.0. The standard InChI is InChI=1S/C26H24ClN7S/c1-4-17-12-28-24-20(23(17)31-15(2)18-8-6-5-7-9-18)10-19(11-21(24)27)32-25(22-13-30-34-33-22)26-16(3)29-14-35-26/h1,5-15,25,30,32-34H,2-3H3,(H,28,31)/t15-,25-/m1/s1. The molecular formula is C26H24ClN7S. The van der Waals surface area contributed by atoms with Crippen LogP contribution in [0.2, 0.25) is 5.02 Å². The largest absolute Gasteiger partial charge is 0.377 e. The highest BCUT2D eigenvalue weighted by Crippen LogP contribution is 2.37. The van der Waals surface area contributed by atoms with E-state index in [4.69, 9.17) is 18.0 Å². The molecule has 1 aliphatic heterocycles. The van der Waals surface area contributed by atoms with E-state index in [9.17, 15) is 0 Å². The number of hydrogen-bond acceptors (Lipinski definition) is 8. The molecule has 0 amide bonds. The van der Waals surface area contributed by atoms with Crippen molar-refractivity contribution in [1.82, 2.24) is 26.4 Å². The van der Waals surface area contributed by atoms with Gasteiger partial charge in [-0.2, -0.15) is 5.53 Å². The van der Waals surface area contributed by atoms with Gasteiger partial charge >= 0.3 is 0 Å². The Bertz CT molecular complexity index is 1440. The summed E-state index contributed by atoms with van der Waals surface area (Å²) in [5.41, 5.74) is 16.9. The second-order valence-electron chi connectivity index (χ2n) is 8.20. The topological polar surface area (TPSA) is 85.9 Å². The number of fused-ring (bicyclic) bond motifs is 1. The summed E-state index contributed by atoms with van der Waals surface area (Å²) in [6, 6.07) is 14.0. The number of anilines is 2. The SMILES string of the molecule is C#Cc1cnc2c(Cl)cc(N[C@H](C3=CNNN3)c3scnc3C)cc2c1N[C@H](C)c1ccccc1. The van der Waals surface area contributed by atoms with E-state index < -0.39 is 0 Å². The molecule has 0 aliphatic carbocycles. The van der Waals surface area contributed by atoms with Crippen molar-refractivity contribution >= 4 is 45.2 Å². The number of halogens is 1. The van der Waals surface area contributed by atoms with E-state index >= 15 is 0 Å². The number of nitrogens with zero attached hydrogens (tertiary/aromatic N) is 2. The molecule has 0 fully saturated rings. The molecule has 4 aromatic rings. The fourth-order valence-corrected chi connectivity index (χ4v) is 5.24. The van der Waals surface area contributed by atoms with Gasteiger partial charge in [0, 0.05) is 29.5 Å². The molecule has 0 spiro atoms.